The van der Waals surface area contributed by atoms with Crippen molar-refractivity contribution < 1.29 is 18.3 Å². The molecule has 0 saturated heterocycles. The van der Waals surface area contributed by atoms with Gasteiger partial charge >= 0.3 is 6.18 Å². The van der Waals surface area contributed by atoms with E-state index in [4.69, 9.17) is 0 Å². The van der Waals surface area contributed by atoms with Gasteiger partial charge in [-0.3, -0.25) is 0 Å². The van der Waals surface area contributed by atoms with Crippen molar-refractivity contribution in [1.82, 2.24) is 4.98 Å². The maximum atomic E-state index is 12.8. The maximum Gasteiger partial charge on any atom is 0.416 e. The fourth-order valence-corrected chi connectivity index (χ4v) is 3.25. The molecule has 1 aliphatic heterocycles. The second-order valence-electron chi connectivity index (χ2n) is 6.27. The Morgan fingerprint density at radius 2 is 1.77 bits per heavy atom. The number of nitrogens with zero attached hydrogens (tertiary/aromatic N) is 1. The molecule has 0 spiro atoms. The van der Waals surface area contributed by atoms with Crippen LogP contribution >= 0.6 is 0 Å². The Labute approximate surface area is 148 Å². The van der Waals surface area contributed by atoms with Gasteiger partial charge in [0.2, 0.25) is 0 Å². The molecular weight excluding hydrogens is 341 g/mol. The number of pyridine rings is 1. The first-order chi connectivity index (χ1) is 12.4. The van der Waals surface area contributed by atoms with Crippen molar-refractivity contribution in [2.45, 2.75) is 12.1 Å². The second kappa shape index (κ2) is 6.05. The van der Waals surface area contributed by atoms with Gasteiger partial charge in [0.05, 0.1) is 5.56 Å². The van der Waals surface area contributed by atoms with E-state index in [9.17, 15) is 18.3 Å². The van der Waals surface area contributed by atoms with Crippen molar-refractivity contribution in [3.8, 4) is 16.9 Å². The number of aromatic nitrogens is 1. The molecule has 0 amide bonds. The smallest absolute Gasteiger partial charge is 0.416 e. The first kappa shape index (κ1) is 16.4. The van der Waals surface area contributed by atoms with Crippen LogP contribution < -0.4 is 5.32 Å². The molecule has 1 aliphatic rings. The monoisotopic (exact) mass is 356 g/mol. The van der Waals surface area contributed by atoms with Crippen molar-refractivity contribution in [2.24, 2.45) is 0 Å². The van der Waals surface area contributed by atoms with Crippen LogP contribution in [-0.4, -0.2) is 16.6 Å². The summed E-state index contributed by atoms with van der Waals surface area (Å²) in [5.74, 6) is 0.830. The van der Waals surface area contributed by atoms with Crippen LogP contribution in [0, 0.1) is 0 Å². The van der Waals surface area contributed by atoms with Gasteiger partial charge in [0, 0.05) is 29.8 Å². The molecule has 26 heavy (non-hydrogen) atoms. The predicted octanol–water partition coefficient (Wildman–Crippen LogP) is 5.03. The molecule has 6 heteroatoms. The van der Waals surface area contributed by atoms with Crippen LogP contribution in [0.15, 0.2) is 60.8 Å². The number of rotatable bonds is 2. The topological polar surface area (TPSA) is 45.2 Å². The lowest BCUT2D eigenvalue weighted by Crippen LogP contribution is -2.07. The number of fused-ring (bicyclic) bond motifs is 1. The van der Waals surface area contributed by atoms with Gasteiger partial charge < -0.3 is 10.4 Å². The molecular formula is C20H15F3N2O. The van der Waals surface area contributed by atoms with E-state index in [0.29, 0.717) is 6.54 Å². The Kier molecular flexibility index (Phi) is 3.83. The van der Waals surface area contributed by atoms with E-state index in [-0.39, 0.29) is 11.7 Å². The average Bonchev–Trinajstić information content (AvgIpc) is 3.04. The summed E-state index contributed by atoms with van der Waals surface area (Å²) in [6, 6.07) is 14.1. The van der Waals surface area contributed by atoms with Gasteiger partial charge in [-0.25, -0.2) is 4.98 Å². The number of phenols is 1. The van der Waals surface area contributed by atoms with E-state index in [2.05, 4.69) is 10.3 Å². The summed E-state index contributed by atoms with van der Waals surface area (Å²) >= 11 is 0. The number of alkyl halides is 3. The summed E-state index contributed by atoms with van der Waals surface area (Å²) < 4.78 is 38.3. The zero-order valence-corrected chi connectivity index (χ0v) is 13.6. The second-order valence-corrected chi connectivity index (χ2v) is 6.27. The number of benzene rings is 2. The lowest BCUT2D eigenvalue weighted by molar-refractivity contribution is -0.137. The molecule has 132 valence electrons. The van der Waals surface area contributed by atoms with E-state index in [1.165, 1.54) is 12.1 Å². The first-order valence-electron chi connectivity index (χ1n) is 8.12. The lowest BCUT2D eigenvalue weighted by atomic mass is 9.92. The third kappa shape index (κ3) is 2.98. The fourth-order valence-electron chi connectivity index (χ4n) is 3.25. The van der Waals surface area contributed by atoms with E-state index in [0.717, 1.165) is 40.2 Å². The quantitative estimate of drug-likeness (QED) is 0.677. The van der Waals surface area contributed by atoms with Crippen LogP contribution in [0.25, 0.3) is 11.1 Å². The fraction of sp³-hybridized carbons (Fsp3) is 0.150. The minimum Gasteiger partial charge on any atom is -0.508 e. The average molecular weight is 356 g/mol. The highest BCUT2D eigenvalue weighted by Gasteiger charge is 2.31. The zero-order chi connectivity index (χ0) is 18.3. The molecule has 0 aliphatic carbocycles. The highest BCUT2D eigenvalue weighted by molar-refractivity contribution is 5.69. The third-order valence-corrected chi connectivity index (χ3v) is 4.59. The molecule has 2 N–H and O–H groups in total. The summed E-state index contributed by atoms with van der Waals surface area (Å²) in [4.78, 5) is 4.43. The minimum absolute atomic E-state index is 0.0722. The molecule has 2 heterocycles. The molecule has 3 nitrogen and oxygen atoms in total. The van der Waals surface area contributed by atoms with Crippen molar-refractivity contribution in [3.63, 3.8) is 0 Å². The Morgan fingerprint density at radius 1 is 1.00 bits per heavy atom. The molecule has 0 saturated carbocycles. The standard InChI is InChI=1S/C20H15F3N2O/c21-20(22,23)15-6-4-12(5-7-15)18-11-25-19-17(18)9-14(10-24-19)13-2-1-3-16(26)8-13/h1-10,18,26H,11H2,(H,24,25). The van der Waals surface area contributed by atoms with E-state index < -0.39 is 11.7 Å². The van der Waals surface area contributed by atoms with Gasteiger partial charge in [0.15, 0.2) is 0 Å². The summed E-state index contributed by atoms with van der Waals surface area (Å²) in [6.07, 6.45) is -2.62. The van der Waals surface area contributed by atoms with Crippen LogP contribution in [0.2, 0.25) is 0 Å². The van der Waals surface area contributed by atoms with Gasteiger partial charge in [-0.05, 0) is 41.5 Å². The molecule has 1 unspecified atom stereocenters. The van der Waals surface area contributed by atoms with Crippen molar-refractivity contribution >= 4 is 5.82 Å². The van der Waals surface area contributed by atoms with E-state index >= 15 is 0 Å². The number of hydrogen-bond acceptors (Lipinski definition) is 3. The van der Waals surface area contributed by atoms with Gasteiger partial charge in [0.1, 0.15) is 11.6 Å². The van der Waals surface area contributed by atoms with Crippen LogP contribution in [0.5, 0.6) is 5.75 Å². The zero-order valence-electron chi connectivity index (χ0n) is 13.6. The van der Waals surface area contributed by atoms with Crippen molar-refractivity contribution in [3.05, 3.63) is 77.5 Å². The number of hydrogen-bond donors (Lipinski definition) is 2. The van der Waals surface area contributed by atoms with Gasteiger partial charge in [-0.2, -0.15) is 13.2 Å². The minimum atomic E-state index is -4.34. The molecule has 1 aromatic heterocycles. The number of phenolic OH excluding ortho intramolecular Hbond substituents is 1. The van der Waals surface area contributed by atoms with Gasteiger partial charge in [-0.1, -0.05) is 24.3 Å². The highest BCUT2D eigenvalue weighted by atomic mass is 19.4. The van der Waals surface area contributed by atoms with Crippen molar-refractivity contribution in [2.75, 3.05) is 11.9 Å². The van der Waals surface area contributed by atoms with Gasteiger partial charge in [-0.15, -0.1) is 0 Å². The number of halogens is 3. The van der Waals surface area contributed by atoms with E-state index in [1.54, 1.807) is 24.4 Å². The van der Waals surface area contributed by atoms with Crippen molar-refractivity contribution in [1.29, 1.82) is 0 Å². The summed E-state index contributed by atoms with van der Waals surface area (Å²) in [5, 5.41) is 12.9. The molecule has 0 radical (unpaired) electrons. The van der Waals surface area contributed by atoms with Crippen LogP contribution in [-0.2, 0) is 6.18 Å². The Hall–Kier alpha value is -3.02. The number of anilines is 1. The summed E-state index contributed by atoms with van der Waals surface area (Å²) in [5.41, 5.74) is 2.77. The molecule has 0 fully saturated rings. The maximum absolute atomic E-state index is 12.8. The van der Waals surface area contributed by atoms with E-state index in [1.807, 2.05) is 12.1 Å². The molecule has 3 aromatic rings. The normalized spacial score (nSPS) is 16.2. The Balaban J connectivity index is 1.70. The molecule has 1 atom stereocenters. The number of aromatic hydroxyl groups is 1. The van der Waals surface area contributed by atoms with Gasteiger partial charge in [0.25, 0.3) is 0 Å². The molecule has 2 aromatic carbocycles. The Bertz CT molecular complexity index is 952. The molecule has 4 rings (SSSR count). The largest absolute Gasteiger partial charge is 0.508 e. The van der Waals surface area contributed by atoms with Crippen LogP contribution in [0.3, 0.4) is 0 Å². The SMILES string of the molecule is Oc1cccc(-c2cnc3c(c2)C(c2ccc(C(F)(F)F)cc2)CN3)c1. The van der Waals surface area contributed by atoms with Crippen LogP contribution in [0.1, 0.15) is 22.6 Å². The highest BCUT2D eigenvalue weighted by Crippen LogP contribution is 2.38. The molecule has 0 bridgehead atoms. The summed E-state index contributed by atoms with van der Waals surface area (Å²) in [6.45, 7) is 0.581. The summed E-state index contributed by atoms with van der Waals surface area (Å²) in [7, 11) is 0. The first-order valence-corrected chi connectivity index (χ1v) is 8.12. The number of nitrogens with one attached hydrogen (secondary N) is 1. The predicted molar refractivity (Wildman–Crippen MR) is 93.1 cm³/mol. The Morgan fingerprint density at radius 3 is 2.46 bits per heavy atom. The third-order valence-electron chi connectivity index (χ3n) is 4.59. The lowest BCUT2D eigenvalue weighted by Gasteiger charge is -2.13. The van der Waals surface area contributed by atoms with Crippen LogP contribution in [0.4, 0.5) is 19.0 Å².